The van der Waals surface area contributed by atoms with Crippen LogP contribution in [-0.2, 0) is 4.79 Å². The Morgan fingerprint density at radius 1 is 1.32 bits per heavy atom. The Morgan fingerprint density at radius 3 is 2.63 bits per heavy atom. The van der Waals surface area contributed by atoms with E-state index in [9.17, 15) is 4.79 Å². The summed E-state index contributed by atoms with van der Waals surface area (Å²) < 4.78 is 0. The van der Waals surface area contributed by atoms with Crippen LogP contribution < -0.4 is 10.2 Å². The minimum atomic E-state index is -0.825. The number of aliphatic carboxylic acids is 1. The highest BCUT2D eigenvalue weighted by molar-refractivity contribution is 5.67. The number of hydrogen-bond donors (Lipinski definition) is 2. The van der Waals surface area contributed by atoms with Crippen molar-refractivity contribution in [3.63, 3.8) is 0 Å². The van der Waals surface area contributed by atoms with E-state index in [1.54, 1.807) is 12.4 Å². The van der Waals surface area contributed by atoms with Crippen LogP contribution in [0.2, 0.25) is 0 Å². The van der Waals surface area contributed by atoms with Gasteiger partial charge in [-0.25, -0.2) is 9.97 Å². The SMILES string of the molecule is CN1CCN(c2cnc(NCCC(=O)O)cn2)CC1. The molecule has 104 valence electrons. The molecule has 1 aromatic rings. The van der Waals surface area contributed by atoms with Crippen molar-refractivity contribution in [3.05, 3.63) is 12.4 Å². The molecule has 1 saturated heterocycles. The van der Waals surface area contributed by atoms with Gasteiger partial charge in [-0.05, 0) is 7.05 Å². The molecule has 1 aliphatic heterocycles. The quantitative estimate of drug-likeness (QED) is 0.782. The minimum Gasteiger partial charge on any atom is -0.481 e. The van der Waals surface area contributed by atoms with Crippen LogP contribution in [0.5, 0.6) is 0 Å². The highest BCUT2D eigenvalue weighted by atomic mass is 16.4. The second-order valence-electron chi connectivity index (χ2n) is 4.62. The largest absolute Gasteiger partial charge is 0.481 e. The molecule has 0 bridgehead atoms. The highest BCUT2D eigenvalue weighted by Gasteiger charge is 2.15. The summed E-state index contributed by atoms with van der Waals surface area (Å²) in [6.45, 7) is 4.33. The molecule has 0 unspecified atom stereocenters. The van der Waals surface area contributed by atoms with E-state index in [0.29, 0.717) is 12.4 Å². The van der Waals surface area contributed by atoms with Crippen LogP contribution in [0.25, 0.3) is 0 Å². The summed E-state index contributed by atoms with van der Waals surface area (Å²) >= 11 is 0. The van der Waals surface area contributed by atoms with Gasteiger partial charge in [-0.2, -0.15) is 0 Å². The van der Waals surface area contributed by atoms with Gasteiger partial charge in [-0.3, -0.25) is 4.79 Å². The lowest BCUT2D eigenvalue weighted by molar-refractivity contribution is -0.136. The summed E-state index contributed by atoms with van der Waals surface area (Å²) in [6.07, 6.45) is 3.45. The van der Waals surface area contributed by atoms with Crippen LogP contribution in [0.3, 0.4) is 0 Å². The van der Waals surface area contributed by atoms with Crippen LogP contribution in [0.15, 0.2) is 12.4 Å². The number of carbonyl (C=O) groups is 1. The summed E-state index contributed by atoms with van der Waals surface area (Å²) in [5.74, 6) is 0.658. The van der Waals surface area contributed by atoms with Gasteiger partial charge in [0.15, 0.2) is 0 Å². The van der Waals surface area contributed by atoms with Crippen molar-refractivity contribution in [2.45, 2.75) is 6.42 Å². The molecule has 2 N–H and O–H groups in total. The number of piperazine rings is 1. The summed E-state index contributed by atoms with van der Waals surface area (Å²) in [5, 5.41) is 11.5. The number of aromatic nitrogens is 2. The first-order chi connectivity index (χ1) is 9.15. The number of anilines is 2. The Kier molecular flexibility index (Phi) is 4.51. The van der Waals surface area contributed by atoms with Gasteiger partial charge in [0.25, 0.3) is 0 Å². The lowest BCUT2D eigenvalue weighted by atomic mass is 10.3. The van der Waals surface area contributed by atoms with Crippen molar-refractivity contribution < 1.29 is 9.90 Å². The molecular weight excluding hydrogens is 246 g/mol. The van der Waals surface area contributed by atoms with Gasteiger partial charge in [0.05, 0.1) is 18.8 Å². The topological polar surface area (TPSA) is 81.6 Å². The molecule has 0 spiro atoms. The number of nitrogens with one attached hydrogen (secondary N) is 1. The van der Waals surface area contributed by atoms with Crippen LogP contribution in [0.1, 0.15) is 6.42 Å². The van der Waals surface area contributed by atoms with Crippen LogP contribution in [0, 0.1) is 0 Å². The molecule has 1 fully saturated rings. The predicted octanol–water partition coefficient (Wildman–Crippen LogP) is 0.115. The molecule has 19 heavy (non-hydrogen) atoms. The van der Waals surface area contributed by atoms with Crippen molar-refractivity contribution in [3.8, 4) is 0 Å². The number of nitrogens with zero attached hydrogens (tertiary/aromatic N) is 4. The van der Waals surface area contributed by atoms with Gasteiger partial charge < -0.3 is 20.2 Å². The van der Waals surface area contributed by atoms with E-state index in [0.717, 1.165) is 32.0 Å². The first kappa shape index (κ1) is 13.5. The molecule has 0 aromatic carbocycles. The molecule has 0 aliphatic carbocycles. The number of likely N-dealkylation sites (N-methyl/N-ethyl adjacent to an activating group) is 1. The van der Waals surface area contributed by atoms with Crippen LogP contribution in [0.4, 0.5) is 11.6 Å². The standard InChI is InChI=1S/C12H19N5O2/c1-16-4-6-17(7-5-16)11-9-14-10(8-15-11)13-3-2-12(18)19/h8-9H,2-7H2,1H3,(H,13,14)(H,18,19). The number of carboxylic acids is 1. The summed E-state index contributed by atoms with van der Waals surface area (Å²) in [7, 11) is 2.11. The van der Waals surface area contributed by atoms with Crippen molar-refractivity contribution in [2.24, 2.45) is 0 Å². The molecule has 1 aliphatic rings. The molecule has 7 nitrogen and oxygen atoms in total. The molecule has 2 rings (SSSR count). The molecule has 0 atom stereocenters. The van der Waals surface area contributed by atoms with Gasteiger partial charge in [0, 0.05) is 32.7 Å². The van der Waals surface area contributed by atoms with Gasteiger partial charge in [0.1, 0.15) is 11.6 Å². The third-order valence-electron chi connectivity index (χ3n) is 3.11. The van der Waals surface area contributed by atoms with E-state index in [1.165, 1.54) is 0 Å². The predicted molar refractivity (Wildman–Crippen MR) is 72.5 cm³/mol. The van der Waals surface area contributed by atoms with Gasteiger partial charge >= 0.3 is 5.97 Å². The van der Waals surface area contributed by atoms with Crippen molar-refractivity contribution >= 4 is 17.6 Å². The average Bonchev–Trinajstić information content (AvgIpc) is 2.40. The Labute approximate surface area is 112 Å². The molecule has 1 aromatic heterocycles. The van der Waals surface area contributed by atoms with Gasteiger partial charge in [0.2, 0.25) is 0 Å². The van der Waals surface area contributed by atoms with E-state index in [4.69, 9.17) is 5.11 Å². The number of carboxylic acid groups (broad SMARTS) is 1. The molecule has 0 saturated carbocycles. The van der Waals surface area contributed by atoms with Gasteiger partial charge in [-0.15, -0.1) is 0 Å². The molecule has 7 heteroatoms. The first-order valence-electron chi connectivity index (χ1n) is 6.36. The Bertz CT molecular complexity index is 415. The van der Waals surface area contributed by atoms with E-state index >= 15 is 0 Å². The maximum atomic E-state index is 10.4. The average molecular weight is 265 g/mol. The lowest BCUT2D eigenvalue weighted by Crippen LogP contribution is -2.44. The maximum Gasteiger partial charge on any atom is 0.305 e. The smallest absolute Gasteiger partial charge is 0.305 e. The van der Waals surface area contributed by atoms with E-state index in [-0.39, 0.29) is 6.42 Å². The Balaban J connectivity index is 1.85. The fraction of sp³-hybridized carbons (Fsp3) is 0.583. The fourth-order valence-electron chi connectivity index (χ4n) is 1.91. The van der Waals surface area contributed by atoms with Crippen molar-refractivity contribution in [1.29, 1.82) is 0 Å². The normalized spacial score (nSPS) is 16.4. The molecule has 2 heterocycles. The summed E-state index contributed by atoms with van der Waals surface area (Å²) in [4.78, 5) is 23.5. The van der Waals surface area contributed by atoms with E-state index in [2.05, 4.69) is 32.1 Å². The van der Waals surface area contributed by atoms with Crippen molar-refractivity contribution in [2.75, 3.05) is 50.0 Å². The Hall–Kier alpha value is -1.89. The fourth-order valence-corrected chi connectivity index (χ4v) is 1.91. The first-order valence-corrected chi connectivity index (χ1v) is 6.36. The van der Waals surface area contributed by atoms with Crippen LogP contribution in [-0.4, -0.2) is 65.7 Å². The second-order valence-corrected chi connectivity index (χ2v) is 4.62. The number of hydrogen-bond acceptors (Lipinski definition) is 6. The maximum absolute atomic E-state index is 10.4. The lowest BCUT2D eigenvalue weighted by Gasteiger charge is -2.32. The molecule has 0 radical (unpaired) electrons. The zero-order valence-electron chi connectivity index (χ0n) is 11.0. The van der Waals surface area contributed by atoms with Crippen LogP contribution >= 0.6 is 0 Å². The van der Waals surface area contributed by atoms with E-state index in [1.807, 2.05) is 0 Å². The van der Waals surface area contributed by atoms with E-state index < -0.39 is 5.97 Å². The zero-order chi connectivity index (χ0) is 13.7. The third-order valence-corrected chi connectivity index (χ3v) is 3.11. The number of rotatable bonds is 5. The van der Waals surface area contributed by atoms with Gasteiger partial charge in [-0.1, -0.05) is 0 Å². The monoisotopic (exact) mass is 265 g/mol. The summed E-state index contributed by atoms with van der Waals surface area (Å²) in [5.41, 5.74) is 0. The van der Waals surface area contributed by atoms with Crippen molar-refractivity contribution in [1.82, 2.24) is 14.9 Å². The second kappa shape index (κ2) is 6.33. The molecular formula is C12H19N5O2. The zero-order valence-corrected chi connectivity index (χ0v) is 11.0. The Morgan fingerprint density at radius 2 is 2.05 bits per heavy atom. The minimum absolute atomic E-state index is 0.0713. The molecule has 0 amide bonds. The third kappa shape index (κ3) is 4.06. The summed E-state index contributed by atoms with van der Waals surface area (Å²) in [6, 6.07) is 0. The highest BCUT2D eigenvalue weighted by Crippen LogP contribution is 2.13.